The van der Waals surface area contributed by atoms with Crippen LogP contribution in [0.5, 0.6) is 0 Å². The Morgan fingerprint density at radius 3 is 2.47 bits per heavy atom. The van der Waals surface area contributed by atoms with E-state index in [0.717, 1.165) is 31.4 Å². The van der Waals surface area contributed by atoms with Crippen molar-refractivity contribution in [3.63, 3.8) is 0 Å². The lowest BCUT2D eigenvalue weighted by molar-refractivity contribution is -0.176. The second kappa shape index (κ2) is 14.5. The van der Waals surface area contributed by atoms with Crippen LogP contribution in [0.2, 0.25) is 0 Å². The number of nitrogens with zero attached hydrogens (tertiary/aromatic N) is 2. The number of carbonyl (C=O) groups excluding carboxylic acids is 1. The topological polar surface area (TPSA) is 75.2 Å². The van der Waals surface area contributed by atoms with Gasteiger partial charge in [0.15, 0.2) is 5.96 Å². The van der Waals surface area contributed by atoms with Gasteiger partial charge >= 0.3 is 6.18 Å². The summed E-state index contributed by atoms with van der Waals surface area (Å²) in [7, 11) is 3.37. The zero-order valence-electron chi connectivity index (χ0n) is 18.4. The van der Waals surface area contributed by atoms with Crippen molar-refractivity contribution in [2.24, 2.45) is 4.99 Å². The van der Waals surface area contributed by atoms with Crippen molar-refractivity contribution in [2.45, 2.75) is 44.7 Å². The number of ether oxygens (including phenoxy) is 2. The minimum atomic E-state index is -4.33. The summed E-state index contributed by atoms with van der Waals surface area (Å²) in [5.41, 5.74) is 1.54. The lowest BCUT2D eigenvalue weighted by Crippen LogP contribution is -2.45. The highest BCUT2D eigenvalue weighted by Crippen LogP contribution is 2.16. The highest BCUT2D eigenvalue weighted by atomic mass is 127. The van der Waals surface area contributed by atoms with E-state index in [9.17, 15) is 18.0 Å². The molecule has 1 aliphatic heterocycles. The molecule has 11 heteroatoms. The first-order valence-corrected chi connectivity index (χ1v) is 10.3. The Labute approximate surface area is 204 Å². The van der Waals surface area contributed by atoms with Gasteiger partial charge in [-0.1, -0.05) is 24.3 Å². The number of benzene rings is 1. The third-order valence-electron chi connectivity index (χ3n) is 4.65. The monoisotopic (exact) mass is 572 g/mol. The SMILES string of the molecule is CN(C)C(=O)CNC(=NCc1ccc(COCC(F)(F)F)cc1)NCC1CCCCO1.I. The smallest absolute Gasteiger partial charge is 0.376 e. The van der Waals surface area contributed by atoms with Crippen molar-refractivity contribution in [3.8, 4) is 0 Å². The maximum absolute atomic E-state index is 12.2. The first-order valence-electron chi connectivity index (χ1n) is 10.3. The van der Waals surface area contributed by atoms with Crippen molar-refractivity contribution in [3.05, 3.63) is 35.4 Å². The van der Waals surface area contributed by atoms with E-state index in [-0.39, 0.29) is 49.1 Å². The minimum absolute atomic E-state index is 0. The van der Waals surface area contributed by atoms with Crippen molar-refractivity contribution in [1.29, 1.82) is 0 Å². The highest BCUT2D eigenvalue weighted by Gasteiger charge is 2.27. The minimum Gasteiger partial charge on any atom is -0.376 e. The molecule has 1 saturated heterocycles. The van der Waals surface area contributed by atoms with Crippen LogP contribution in [0, 0.1) is 0 Å². The van der Waals surface area contributed by atoms with Crippen LogP contribution in [0.4, 0.5) is 13.2 Å². The summed E-state index contributed by atoms with van der Waals surface area (Å²) < 4.78 is 46.8. The molecule has 1 aliphatic rings. The molecule has 7 nitrogen and oxygen atoms in total. The van der Waals surface area contributed by atoms with Crippen LogP contribution in [0.1, 0.15) is 30.4 Å². The van der Waals surface area contributed by atoms with Gasteiger partial charge in [-0.2, -0.15) is 13.2 Å². The predicted octanol–water partition coefficient (Wildman–Crippen LogP) is 3.08. The number of hydrogen-bond donors (Lipinski definition) is 2. The Morgan fingerprint density at radius 2 is 1.88 bits per heavy atom. The molecule has 1 atom stereocenters. The number of guanidine groups is 1. The van der Waals surface area contributed by atoms with Gasteiger partial charge in [0.05, 0.1) is 25.8 Å². The maximum atomic E-state index is 12.2. The number of aliphatic imine (C=N–C) groups is 1. The molecule has 0 radical (unpaired) electrons. The Balaban J connectivity index is 0.00000512. The fourth-order valence-electron chi connectivity index (χ4n) is 2.87. The van der Waals surface area contributed by atoms with Crippen LogP contribution in [0.3, 0.4) is 0 Å². The third kappa shape index (κ3) is 11.9. The van der Waals surface area contributed by atoms with E-state index in [4.69, 9.17) is 4.74 Å². The standard InChI is InChI=1S/C21H31F3N4O3.HI/c1-28(2)19(29)13-27-20(26-12-18-5-3-4-10-31-18)25-11-16-6-8-17(9-7-16)14-30-15-21(22,23)24;/h6-9,18H,3-5,10-15H2,1-2H3,(H2,25,26,27);1H. The molecule has 1 fully saturated rings. The van der Waals surface area contributed by atoms with Gasteiger partial charge < -0.3 is 25.0 Å². The molecular weight excluding hydrogens is 540 g/mol. The number of alkyl halides is 3. The Bertz CT molecular complexity index is 709. The summed E-state index contributed by atoms with van der Waals surface area (Å²) in [6.07, 6.45) is -1.04. The molecule has 0 spiro atoms. The van der Waals surface area contributed by atoms with Gasteiger partial charge in [-0.3, -0.25) is 4.79 Å². The molecule has 1 unspecified atom stereocenters. The first-order chi connectivity index (χ1) is 14.7. The van der Waals surface area contributed by atoms with Crippen molar-refractivity contribution in [2.75, 3.05) is 40.4 Å². The molecule has 0 aliphatic carbocycles. The van der Waals surface area contributed by atoms with Crippen LogP contribution in [-0.2, 0) is 27.4 Å². The normalized spacial score (nSPS) is 16.8. The van der Waals surface area contributed by atoms with Crippen molar-refractivity contribution >= 4 is 35.8 Å². The molecule has 1 amide bonds. The van der Waals surface area contributed by atoms with E-state index in [1.54, 1.807) is 38.4 Å². The largest absolute Gasteiger partial charge is 0.411 e. The van der Waals surface area contributed by atoms with Crippen molar-refractivity contribution in [1.82, 2.24) is 15.5 Å². The maximum Gasteiger partial charge on any atom is 0.411 e. The molecule has 0 aromatic heterocycles. The van der Waals surface area contributed by atoms with Gasteiger partial charge in [0, 0.05) is 27.2 Å². The van der Waals surface area contributed by atoms with Crippen molar-refractivity contribution < 1.29 is 27.4 Å². The van der Waals surface area contributed by atoms with Gasteiger partial charge in [-0.25, -0.2) is 4.99 Å². The second-order valence-corrected chi connectivity index (χ2v) is 7.60. The van der Waals surface area contributed by atoms with E-state index in [2.05, 4.69) is 20.4 Å². The number of hydrogen-bond acceptors (Lipinski definition) is 4. The van der Waals surface area contributed by atoms with E-state index in [0.29, 0.717) is 24.6 Å². The summed E-state index contributed by atoms with van der Waals surface area (Å²) in [6.45, 7) is 0.435. The molecule has 2 N–H and O–H groups in total. The number of amides is 1. The fraction of sp³-hybridized carbons (Fsp3) is 0.619. The van der Waals surface area contributed by atoms with Gasteiger partial charge in [-0.05, 0) is 30.4 Å². The number of halogens is 4. The lowest BCUT2D eigenvalue weighted by atomic mass is 10.1. The molecule has 0 bridgehead atoms. The Hall–Kier alpha value is -1.60. The summed E-state index contributed by atoms with van der Waals surface area (Å²) >= 11 is 0. The lowest BCUT2D eigenvalue weighted by Gasteiger charge is -2.24. The fourth-order valence-corrected chi connectivity index (χ4v) is 2.87. The summed E-state index contributed by atoms with van der Waals surface area (Å²) in [6, 6.07) is 7.02. The predicted molar refractivity (Wildman–Crippen MR) is 127 cm³/mol. The molecule has 1 heterocycles. The molecule has 0 saturated carbocycles. The molecule has 32 heavy (non-hydrogen) atoms. The van der Waals surface area contributed by atoms with Gasteiger partial charge in [0.2, 0.25) is 5.91 Å². The Morgan fingerprint density at radius 1 is 1.19 bits per heavy atom. The summed E-state index contributed by atoms with van der Waals surface area (Å²) in [4.78, 5) is 17.9. The van der Waals surface area contributed by atoms with E-state index >= 15 is 0 Å². The average molecular weight is 572 g/mol. The number of likely N-dealkylation sites (N-methyl/N-ethyl adjacent to an activating group) is 1. The van der Waals surface area contributed by atoms with Gasteiger partial charge in [0.1, 0.15) is 6.61 Å². The zero-order valence-corrected chi connectivity index (χ0v) is 20.7. The molecule has 182 valence electrons. The van der Waals surface area contributed by atoms with Crippen LogP contribution >= 0.6 is 24.0 Å². The number of carbonyl (C=O) groups is 1. The summed E-state index contributed by atoms with van der Waals surface area (Å²) in [5.74, 6) is 0.425. The van der Waals surface area contributed by atoms with Crippen LogP contribution in [-0.4, -0.2) is 69.4 Å². The van der Waals surface area contributed by atoms with E-state index in [1.165, 1.54) is 4.90 Å². The van der Waals surface area contributed by atoms with Crippen LogP contribution in [0.25, 0.3) is 0 Å². The molecule has 1 aromatic rings. The number of nitrogens with one attached hydrogen (secondary N) is 2. The average Bonchev–Trinajstić information content (AvgIpc) is 2.73. The number of rotatable bonds is 9. The van der Waals surface area contributed by atoms with Crippen LogP contribution in [0.15, 0.2) is 29.3 Å². The summed E-state index contributed by atoms with van der Waals surface area (Å²) in [5, 5.41) is 6.25. The zero-order chi connectivity index (χ0) is 22.7. The quantitative estimate of drug-likeness (QED) is 0.271. The van der Waals surface area contributed by atoms with Crippen LogP contribution < -0.4 is 10.6 Å². The van der Waals surface area contributed by atoms with Gasteiger partial charge in [-0.15, -0.1) is 24.0 Å². The first kappa shape index (κ1) is 28.4. The highest BCUT2D eigenvalue weighted by molar-refractivity contribution is 14.0. The third-order valence-corrected chi connectivity index (χ3v) is 4.65. The second-order valence-electron chi connectivity index (χ2n) is 7.60. The Kier molecular flexibility index (Phi) is 12.9. The molecule has 2 rings (SSSR count). The van der Waals surface area contributed by atoms with Gasteiger partial charge in [0.25, 0.3) is 0 Å². The van der Waals surface area contributed by atoms with E-state index < -0.39 is 12.8 Å². The van der Waals surface area contributed by atoms with E-state index in [1.807, 2.05) is 0 Å². The molecule has 1 aromatic carbocycles. The molecular formula is C21H32F3IN4O3.